The largest absolute Gasteiger partial charge is 0.416 e. The molecule has 0 radical (unpaired) electrons. The maximum Gasteiger partial charge on any atom is 0.416 e. The quantitative estimate of drug-likeness (QED) is 0.775. The van der Waals surface area contributed by atoms with Gasteiger partial charge >= 0.3 is 6.18 Å². The van der Waals surface area contributed by atoms with Crippen molar-refractivity contribution in [3.05, 3.63) is 70.8 Å². The van der Waals surface area contributed by atoms with E-state index in [-0.39, 0.29) is 11.3 Å². The van der Waals surface area contributed by atoms with Crippen LogP contribution in [0.4, 0.5) is 13.2 Å². The Kier molecular flexibility index (Phi) is 5.44. The van der Waals surface area contributed by atoms with Crippen molar-refractivity contribution in [2.24, 2.45) is 0 Å². The summed E-state index contributed by atoms with van der Waals surface area (Å²) >= 11 is 0. The SMILES string of the molecule is CN1CCN(Cc2ccccc2C(=O)c2cccc(C(F)(F)F)c2)CC1. The molecular weight excluding hydrogens is 341 g/mol. The molecule has 1 aliphatic rings. The summed E-state index contributed by atoms with van der Waals surface area (Å²) in [7, 11) is 2.07. The molecule has 2 aromatic carbocycles. The van der Waals surface area contributed by atoms with E-state index in [2.05, 4.69) is 16.8 Å². The fourth-order valence-electron chi connectivity index (χ4n) is 3.12. The number of alkyl halides is 3. The maximum atomic E-state index is 12.9. The van der Waals surface area contributed by atoms with Crippen molar-refractivity contribution in [1.29, 1.82) is 0 Å². The lowest BCUT2D eigenvalue weighted by Crippen LogP contribution is -2.44. The van der Waals surface area contributed by atoms with Gasteiger partial charge in [-0.2, -0.15) is 13.2 Å². The third kappa shape index (κ3) is 4.31. The lowest BCUT2D eigenvalue weighted by atomic mass is 9.96. The van der Waals surface area contributed by atoms with Gasteiger partial charge in [0.25, 0.3) is 0 Å². The smallest absolute Gasteiger partial charge is 0.304 e. The normalized spacial score (nSPS) is 16.6. The average molecular weight is 362 g/mol. The molecule has 6 heteroatoms. The first-order chi connectivity index (χ1) is 12.3. The van der Waals surface area contributed by atoms with E-state index in [9.17, 15) is 18.0 Å². The second kappa shape index (κ2) is 7.60. The Morgan fingerprint density at radius 1 is 1.00 bits per heavy atom. The van der Waals surface area contributed by atoms with Gasteiger partial charge in [-0.05, 0) is 24.7 Å². The number of carbonyl (C=O) groups excluding carboxylic acids is 1. The second-order valence-corrected chi connectivity index (χ2v) is 6.64. The van der Waals surface area contributed by atoms with E-state index in [1.165, 1.54) is 12.1 Å². The van der Waals surface area contributed by atoms with Gasteiger partial charge in [-0.25, -0.2) is 0 Å². The van der Waals surface area contributed by atoms with Crippen molar-refractivity contribution in [1.82, 2.24) is 9.80 Å². The second-order valence-electron chi connectivity index (χ2n) is 6.64. The van der Waals surface area contributed by atoms with E-state index < -0.39 is 11.7 Å². The van der Waals surface area contributed by atoms with E-state index in [4.69, 9.17) is 0 Å². The number of likely N-dealkylation sites (N-methyl/N-ethyl adjacent to an activating group) is 1. The summed E-state index contributed by atoms with van der Waals surface area (Å²) in [5.41, 5.74) is 0.566. The van der Waals surface area contributed by atoms with Gasteiger partial charge in [-0.3, -0.25) is 9.69 Å². The Hall–Kier alpha value is -2.18. The van der Waals surface area contributed by atoms with Gasteiger partial charge in [0.15, 0.2) is 5.78 Å². The highest BCUT2D eigenvalue weighted by Gasteiger charge is 2.31. The summed E-state index contributed by atoms with van der Waals surface area (Å²) in [4.78, 5) is 17.4. The zero-order valence-electron chi connectivity index (χ0n) is 14.6. The fraction of sp³-hybridized carbons (Fsp3) is 0.350. The van der Waals surface area contributed by atoms with Crippen LogP contribution in [-0.4, -0.2) is 48.8 Å². The van der Waals surface area contributed by atoms with Crippen LogP contribution < -0.4 is 0 Å². The number of hydrogen-bond acceptors (Lipinski definition) is 3. The molecule has 0 saturated carbocycles. The zero-order valence-corrected chi connectivity index (χ0v) is 14.6. The molecule has 138 valence electrons. The first-order valence-electron chi connectivity index (χ1n) is 8.55. The molecule has 0 atom stereocenters. The number of rotatable bonds is 4. The molecule has 3 rings (SSSR count). The summed E-state index contributed by atoms with van der Waals surface area (Å²) < 4.78 is 38.8. The first kappa shape index (κ1) is 18.6. The molecule has 1 fully saturated rings. The molecule has 3 nitrogen and oxygen atoms in total. The minimum Gasteiger partial charge on any atom is -0.304 e. The predicted molar refractivity (Wildman–Crippen MR) is 94.1 cm³/mol. The van der Waals surface area contributed by atoms with Crippen LogP contribution in [-0.2, 0) is 12.7 Å². The highest BCUT2D eigenvalue weighted by Crippen LogP contribution is 2.30. The molecule has 0 spiro atoms. The molecule has 0 N–H and O–H groups in total. The standard InChI is InChI=1S/C20H21F3N2O/c1-24-9-11-25(12-10-24)14-16-5-2-3-8-18(16)19(26)15-6-4-7-17(13-15)20(21,22)23/h2-8,13H,9-12,14H2,1H3. The third-order valence-electron chi connectivity index (χ3n) is 4.70. The monoisotopic (exact) mass is 362 g/mol. The number of hydrogen-bond donors (Lipinski definition) is 0. The molecule has 0 unspecified atom stereocenters. The van der Waals surface area contributed by atoms with Crippen molar-refractivity contribution in [3.63, 3.8) is 0 Å². The molecule has 0 bridgehead atoms. The van der Waals surface area contributed by atoms with Crippen LogP contribution in [0.15, 0.2) is 48.5 Å². The fourth-order valence-corrected chi connectivity index (χ4v) is 3.12. The Labute approximate surface area is 151 Å². The lowest BCUT2D eigenvalue weighted by molar-refractivity contribution is -0.137. The third-order valence-corrected chi connectivity index (χ3v) is 4.70. The van der Waals surface area contributed by atoms with Gasteiger partial charge in [-0.15, -0.1) is 0 Å². The van der Waals surface area contributed by atoms with E-state index in [1.807, 2.05) is 12.1 Å². The highest BCUT2D eigenvalue weighted by molar-refractivity contribution is 6.10. The van der Waals surface area contributed by atoms with Crippen molar-refractivity contribution in [3.8, 4) is 0 Å². The molecule has 0 aromatic heterocycles. The maximum absolute atomic E-state index is 12.9. The minimum atomic E-state index is -4.46. The van der Waals surface area contributed by atoms with Gasteiger partial charge in [0, 0.05) is 43.9 Å². The van der Waals surface area contributed by atoms with E-state index in [0.29, 0.717) is 12.1 Å². The van der Waals surface area contributed by atoms with Crippen LogP contribution >= 0.6 is 0 Å². The number of halogens is 3. The number of piperazine rings is 1. The van der Waals surface area contributed by atoms with Crippen molar-refractivity contribution >= 4 is 5.78 Å². The van der Waals surface area contributed by atoms with Crippen LogP contribution in [0.5, 0.6) is 0 Å². The molecule has 1 heterocycles. The van der Waals surface area contributed by atoms with E-state index >= 15 is 0 Å². The van der Waals surface area contributed by atoms with Crippen LogP contribution in [0.2, 0.25) is 0 Å². The summed E-state index contributed by atoms with van der Waals surface area (Å²) in [5.74, 6) is -0.374. The van der Waals surface area contributed by atoms with Gasteiger partial charge in [0.05, 0.1) is 5.56 Å². The Balaban J connectivity index is 1.84. The summed E-state index contributed by atoms with van der Waals surface area (Å²) in [5, 5.41) is 0. The highest BCUT2D eigenvalue weighted by atomic mass is 19.4. The summed E-state index contributed by atoms with van der Waals surface area (Å²) in [6.45, 7) is 4.35. The minimum absolute atomic E-state index is 0.0608. The summed E-state index contributed by atoms with van der Waals surface area (Å²) in [6, 6.07) is 11.8. The van der Waals surface area contributed by atoms with Gasteiger partial charge < -0.3 is 4.90 Å². The van der Waals surface area contributed by atoms with Crippen molar-refractivity contribution < 1.29 is 18.0 Å². The molecule has 0 amide bonds. The molecule has 26 heavy (non-hydrogen) atoms. The van der Waals surface area contributed by atoms with Crippen molar-refractivity contribution in [2.75, 3.05) is 33.2 Å². The molecular formula is C20H21F3N2O. The zero-order chi connectivity index (χ0) is 18.7. The van der Waals surface area contributed by atoms with Crippen LogP contribution in [0.25, 0.3) is 0 Å². The Morgan fingerprint density at radius 2 is 1.69 bits per heavy atom. The average Bonchev–Trinajstić information content (AvgIpc) is 2.63. The molecule has 1 aliphatic heterocycles. The van der Waals surface area contributed by atoms with E-state index in [0.717, 1.165) is 43.9 Å². The summed E-state index contributed by atoms with van der Waals surface area (Å²) in [6.07, 6.45) is -4.46. The molecule has 0 aliphatic carbocycles. The first-order valence-corrected chi connectivity index (χ1v) is 8.55. The van der Waals surface area contributed by atoms with Crippen molar-refractivity contribution in [2.45, 2.75) is 12.7 Å². The van der Waals surface area contributed by atoms with Crippen LogP contribution in [0.1, 0.15) is 27.0 Å². The lowest BCUT2D eigenvalue weighted by Gasteiger charge is -2.32. The van der Waals surface area contributed by atoms with Crippen LogP contribution in [0.3, 0.4) is 0 Å². The van der Waals surface area contributed by atoms with E-state index in [1.54, 1.807) is 12.1 Å². The molecule has 2 aromatic rings. The van der Waals surface area contributed by atoms with Gasteiger partial charge in [-0.1, -0.05) is 36.4 Å². The predicted octanol–water partition coefficient (Wildman–Crippen LogP) is 3.68. The number of benzene rings is 2. The number of carbonyl (C=O) groups is 1. The van der Waals surface area contributed by atoms with Gasteiger partial charge in [0.2, 0.25) is 0 Å². The number of ketones is 1. The Morgan fingerprint density at radius 3 is 2.38 bits per heavy atom. The topological polar surface area (TPSA) is 23.6 Å². The number of nitrogens with zero attached hydrogens (tertiary/aromatic N) is 2. The Bertz CT molecular complexity index is 781. The molecule has 1 saturated heterocycles. The van der Waals surface area contributed by atoms with Crippen LogP contribution in [0, 0.1) is 0 Å². The van der Waals surface area contributed by atoms with Gasteiger partial charge in [0.1, 0.15) is 0 Å².